The van der Waals surface area contributed by atoms with Crippen molar-refractivity contribution in [3.8, 4) is 0 Å². The highest BCUT2D eigenvalue weighted by atomic mass is 19.1. The second kappa shape index (κ2) is 5.58. The van der Waals surface area contributed by atoms with Crippen molar-refractivity contribution in [2.24, 2.45) is 0 Å². The molecule has 0 aliphatic rings. The molecule has 0 fully saturated rings. The number of carbonyl (C=O) groups is 1. The molecule has 3 N–H and O–H groups in total. The zero-order valence-electron chi connectivity index (χ0n) is 9.41. The van der Waals surface area contributed by atoms with Gasteiger partial charge >= 0.3 is 0 Å². The molecule has 0 unspecified atom stereocenters. The molecule has 0 aliphatic carbocycles. The summed E-state index contributed by atoms with van der Waals surface area (Å²) in [5.41, 5.74) is 4.34. The van der Waals surface area contributed by atoms with Gasteiger partial charge in [-0.2, -0.15) is 0 Å². The number of nitrogen functional groups attached to an aromatic ring is 1. The molecular weight excluding hydrogens is 230 g/mol. The first-order chi connectivity index (χ1) is 7.99. The van der Waals surface area contributed by atoms with Gasteiger partial charge in [0.25, 0.3) is 5.91 Å². The van der Waals surface area contributed by atoms with Crippen LogP contribution in [0.3, 0.4) is 0 Å². The minimum Gasteiger partial charge on any atom is -0.396 e. The van der Waals surface area contributed by atoms with Gasteiger partial charge in [0.2, 0.25) is 0 Å². The molecule has 1 aromatic carbocycles. The van der Waals surface area contributed by atoms with Gasteiger partial charge in [0.05, 0.1) is 5.69 Å². The third-order valence-corrected chi connectivity index (χ3v) is 2.33. The molecule has 0 atom stereocenters. The molecule has 0 aliphatic heterocycles. The first-order valence-electron chi connectivity index (χ1n) is 5.08. The number of hydrogen-bond acceptors (Lipinski definition) is 3. The van der Waals surface area contributed by atoms with Crippen LogP contribution in [0.4, 0.5) is 14.5 Å². The van der Waals surface area contributed by atoms with Gasteiger partial charge in [0, 0.05) is 20.2 Å². The van der Waals surface area contributed by atoms with Gasteiger partial charge < -0.3 is 15.7 Å². The van der Waals surface area contributed by atoms with Crippen molar-refractivity contribution in [2.75, 3.05) is 25.9 Å². The molecule has 0 aromatic heterocycles. The lowest BCUT2D eigenvalue weighted by molar-refractivity contribution is 0.0777. The summed E-state index contributed by atoms with van der Waals surface area (Å²) >= 11 is 0. The highest BCUT2D eigenvalue weighted by Gasteiger charge is 2.22. The number of amides is 1. The smallest absolute Gasteiger partial charge is 0.259 e. The summed E-state index contributed by atoms with van der Waals surface area (Å²) in [4.78, 5) is 12.9. The molecule has 4 nitrogen and oxygen atoms in total. The van der Waals surface area contributed by atoms with E-state index in [-0.39, 0.29) is 18.8 Å². The molecule has 0 saturated heterocycles. The van der Waals surface area contributed by atoms with Crippen molar-refractivity contribution >= 4 is 11.6 Å². The van der Waals surface area contributed by atoms with Crippen LogP contribution in [0.1, 0.15) is 16.8 Å². The molecule has 0 saturated carbocycles. The monoisotopic (exact) mass is 244 g/mol. The largest absolute Gasteiger partial charge is 0.396 e. The molecule has 94 valence electrons. The minimum atomic E-state index is -1.05. The Hall–Kier alpha value is -1.69. The van der Waals surface area contributed by atoms with E-state index in [1.54, 1.807) is 0 Å². The first kappa shape index (κ1) is 13.4. The Bertz CT molecular complexity index is 424. The van der Waals surface area contributed by atoms with Crippen LogP contribution in [0.15, 0.2) is 12.1 Å². The summed E-state index contributed by atoms with van der Waals surface area (Å²) in [6.45, 7) is 0.114. The molecule has 0 bridgehead atoms. The van der Waals surface area contributed by atoms with E-state index in [1.165, 1.54) is 7.05 Å². The molecular formula is C11H14F2N2O2. The topological polar surface area (TPSA) is 66.6 Å². The number of nitrogens with zero attached hydrogens (tertiary/aromatic N) is 1. The van der Waals surface area contributed by atoms with Crippen LogP contribution in [0.2, 0.25) is 0 Å². The normalized spacial score (nSPS) is 10.4. The second-order valence-corrected chi connectivity index (χ2v) is 3.63. The standard InChI is InChI=1S/C11H14F2N2O2/c1-15(5-2-6-16)11(17)9-7(12)3-4-8(14)10(9)13/h3-4,16H,2,5-6,14H2,1H3. The van der Waals surface area contributed by atoms with Crippen molar-refractivity contribution in [1.29, 1.82) is 0 Å². The predicted molar refractivity (Wildman–Crippen MR) is 59.4 cm³/mol. The fraction of sp³-hybridized carbons (Fsp3) is 0.364. The maximum absolute atomic E-state index is 13.5. The average Bonchev–Trinajstić information content (AvgIpc) is 2.31. The average molecular weight is 244 g/mol. The van der Waals surface area contributed by atoms with E-state index in [0.29, 0.717) is 6.42 Å². The van der Waals surface area contributed by atoms with Crippen LogP contribution in [-0.4, -0.2) is 36.1 Å². The minimum absolute atomic E-state index is 0.0977. The maximum atomic E-state index is 13.5. The van der Waals surface area contributed by atoms with Gasteiger partial charge in [-0.1, -0.05) is 0 Å². The molecule has 1 aromatic rings. The molecule has 1 amide bonds. The number of rotatable bonds is 4. The van der Waals surface area contributed by atoms with Gasteiger partial charge in [-0.05, 0) is 18.6 Å². The number of nitrogens with two attached hydrogens (primary N) is 1. The Labute approximate surface area is 97.6 Å². The Morgan fingerprint density at radius 1 is 1.47 bits per heavy atom. The number of carbonyl (C=O) groups excluding carboxylic acids is 1. The number of aliphatic hydroxyl groups excluding tert-OH is 1. The highest BCUT2D eigenvalue weighted by molar-refractivity contribution is 5.95. The Morgan fingerprint density at radius 2 is 2.12 bits per heavy atom. The number of anilines is 1. The third kappa shape index (κ3) is 2.91. The summed E-state index contributed by atoms with van der Waals surface area (Å²) in [6.07, 6.45) is 0.341. The number of halogens is 2. The van der Waals surface area contributed by atoms with Gasteiger partial charge in [0.1, 0.15) is 11.4 Å². The van der Waals surface area contributed by atoms with E-state index in [0.717, 1.165) is 17.0 Å². The van der Waals surface area contributed by atoms with E-state index < -0.39 is 23.1 Å². The van der Waals surface area contributed by atoms with Crippen LogP contribution in [0, 0.1) is 11.6 Å². The number of hydrogen-bond donors (Lipinski definition) is 2. The Balaban J connectivity index is 2.99. The summed E-state index contributed by atoms with van der Waals surface area (Å²) in [7, 11) is 1.40. The zero-order chi connectivity index (χ0) is 13.0. The van der Waals surface area contributed by atoms with Crippen LogP contribution < -0.4 is 5.73 Å². The predicted octanol–water partition coefficient (Wildman–Crippen LogP) is 1.00. The molecule has 17 heavy (non-hydrogen) atoms. The van der Waals surface area contributed by atoms with Crippen LogP contribution in [0.5, 0.6) is 0 Å². The number of benzene rings is 1. The Kier molecular flexibility index (Phi) is 4.39. The van der Waals surface area contributed by atoms with Gasteiger partial charge in [-0.15, -0.1) is 0 Å². The first-order valence-corrected chi connectivity index (χ1v) is 5.08. The lowest BCUT2D eigenvalue weighted by Gasteiger charge is -2.17. The van der Waals surface area contributed by atoms with Crippen molar-refractivity contribution < 1.29 is 18.7 Å². The third-order valence-electron chi connectivity index (χ3n) is 2.33. The molecule has 1 rings (SSSR count). The fourth-order valence-corrected chi connectivity index (χ4v) is 1.36. The van der Waals surface area contributed by atoms with Crippen molar-refractivity contribution in [3.63, 3.8) is 0 Å². The second-order valence-electron chi connectivity index (χ2n) is 3.63. The van der Waals surface area contributed by atoms with Crippen molar-refractivity contribution in [2.45, 2.75) is 6.42 Å². The lowest BCUT2D eigenvalue weighted by Crippen LogP contribution is -2.30. The van der Waals surface area contributed by atoms with Crippen LogP contribution >= 0.6 is 0 Å². The summed E-state index contributed by atoms with van der Waals surface area (Å²) < 4.78 is 26.9. The van der Waals surface area contributed by atoms with Crippen molar-refractivity contribution in [3.05, 3.63) is 29.3 Å². The van der Waals surface area contributed by atoms with Crippen LogP contribution in [0.25, 0.3) is 0 Å². The zero-order valence-corrected chi connectivity index (χ0v) is 9.41. The molecule has 0 radical (unpaired) electrons. The molecule has 0 spiro atoms. The van der Waals surface area contributed by atoms with E-state index in [9.17, 15) is 13.6 Å². The van der Waals surface area contributed by atoms with Crippen LogP contribution in [-0.2, 0) is 0 Å². The highest BCUT2D eigenvalue weighted by Crippen LogP contribution is 2.19. The van der Waals surface area contributed by atoms with Crippen molar-refractivity contribution in [1.82, 2.24) is 4.90 Å². The summed E-state index contributed by atoms with van der Waals surface area (Å²) in [5, 5.41) is 8.61. The van der Waals surface area contributed by atoms with E-state index >= 15 is 0 Å². The maximum Gasteiger partial charge on any atom is 0.259 e. The SMILES string of the molecule is CN(CCCO)C(=O)c1c(F)ccc(N)c1F. The summed E-state index contributed by atoms with van der Waals surface area (Å²) in [6, 6.07) is 2.01. The van der Waals surface area contributed by atoms with E-state index in [1.807, 2.05) is 0 Å². The lowest BCUT2D eigenvalue weighted by atomic mass is 10.1. The van der Waals surface area contributed by atoms with E-state index in [2.05, 4.69) is 0 Å². The Morgan fingerprint density at radius 3 is 2.71 bits per heavy atom. The molecule has 6 heteroatoms. The van der Waals surface area contributed by atoms with E-state index in [4.69, 9.17) is 10.8 Å². The fourth-order valence-electron chi connectivity index (χ4n) is 1.36. The quantitative estimate of drug-likeness (QED) is 0.776. The van der Waals surface area contributed by atoms with Gasteiger partial charge in [-0.3, -0.25) is 4.79 Å². The number of aliphatic hydroxyl groups is 1. The van der Waals surface area contributed by atoms with Gasteiger partial charge in [0.15, 0.2) is 5.82 Å². The summed E-state index contributed by atoms with van der Waals surface area (Å²) in [5.74, 6) is -2.79. The van der Waals surface area contributed by atoms with Gasteiger partial charge in [-0.25, -0.2) is 8.78 Å². The molecule has 0 heterocycles.